The number of carbonyl (C=O) groups is 2. The lowest BCUT2D eigenvalue weighted by Crippen LogP contribution is -2.49. The quantitative estimate of drug-likeness (QED) is 0.704. The highest BCUT2D eigenvalue weighted by atomic mass is 16.5. The molecule has 1 atom stereocenters. The fourth-order valence-electron chi connectivity index (χ4n) is 3.24. The molecule has 0 aliphatic rings. The monoisotopic (exact) mass is 398 g/mol. The van der Waals surface area contributed by atoms with E-state index in [2.05, 4.69) is 5.32 Å². The minimum absolute atomic E-state index is 0.138. The minimum Gasteiger partial charge on any atom is -0.497 e. The van der Waals surface area contributed by atoms with Crippen LogP contribution in [0.4, 0.5) is 0 Å². The van der Waals surface area contributed by atoms with Crippen molar-refractivity contribution in [3.05, 3.63) is 59.2 Å². The van der Waals surface area contributed by atoms with Crippen LogP contribution in [0.3, 0.4) is 0 Å². The summed E-state index contributed by atoms with van der Waals surface area (Å²) in [5, 5.41) is 2.65. The number of ether oxygens (including phenoxy) is 2. The Kier molecular flexibility index (Phi) is 8.07. The third-order valence-corrected chi connectivity index (χ3v) is 4.80. The number of amides is 2. The summed E-state index contributed by atoms with van der Waals surface area (Å²) in [7, 11) is 3.17. The number of hydrogen-bond acceptors (Lipinski definition) is 4. The molecule has 0 heterocycles. The molecule has 2 aromatic rings. The van der Waals surface area contributed by atoms with Gasteiger partial charge in [-0.3, -0.25) is 9.59 Å². The van der Waals surface area contributed by atoms with Gasteiger partial charge in [-0.2, -0.15) is 0 Å². The van der Waals surface area contributed by atoms with Crippen molar-refractivity contribution in [3.8, 4) is 11.5 Å². The molecule has 0 saturated carbocycles. The molecule has 0 unspecified atom stereocenters. The minimum atomic E-state index is -0.582. The molecular formula is C23H30N2O4. The van der Waals surface area contributed by atoms with Crippen LogP contribution < -0.4 is 14.8 Å². The molecule has 2 aromatic carbocycles. The van der Waals surface area contributed by atoms with E-state index < -0.39 is 6.04 Å². The average Bonchev–Trinajstić information content (AvgIpc) is 2.72. The molecule has 2 rings (SSSR count). The van der Waals surface area contributed by atoms with Gasteiger partial charge in [-0.25, -0.2) is 0 Å². The van der Waals surface area contributed by atoms with Gasteiger partial charge in [0.25, 0.3) is 5.91 Å². The average molecular weight is 399 g/mol. The van der Waals surface area contributed by atoms with Crippen molar-refractivity contribution in [1.29, 1.82) is 0 Å². The highest BCUT2D eigenvalue weighted by Crippen LogP contribution is 2.20. The summed E-state index contributed by atoms with van der Waals surface area (Å²) in [6, 6.07) is 12.7. The van der Waals surface area contributed by atoms with Crippen molar-refractivity contribution in [2.24, 2.45) is 0 Å². The second-order valence-electron chi connectivity index (χ2n) is 6.97. The normalized spacial score (nSPS) is 11.5. The number of rotatable bonds is 9. The maximum atomic E-state index is 13.1. The Morgan fingerprint density at radius 1 is 1.14 bits per heavy atom. The zero-order valence-corrected chi connectivity index (χ0v) is 17.8. The number of nitrogens with one attached hydrogen (secondary N) is 1. The molecule has 0 aromatic heterocycles. The standard InChI is InChI=1S/C23H30N2O4/c1-6-20(23(27)24-4)25(14-18-8-7-9-19(13-18)28-5)22(26)15-29-21-11-10-16(2)12-17(21)3/h7-13,20H,6,14-15H2,1-5H3,(H,24,27)/t20-/m0/s1. The van der Waals surface area contributed by atoms with Crippen LogP contribution in [0.25, 0.3) is 0 Å². The Labute approximate surface area is 172 Å². The van der Waals surface area contributed by atoms with Gasteiger partial charge in [0.2, 0.25) is 5.91 Å². The zero-order chi connectivity index (χ0) is 21.4. The number of nitrogens with zero attached hydrogens (tertiary/aromatic N) is 1. The van der Waals surface area contributed by atoms with Crippen molar-refractivity contribution in [2.45, 2.75) is 39.8 Å². The molecule has 0 saturated heterocycles. The SMILES string of the molecule is CC[C@@H](C(=O)NC)N(Cc1cccc(OC)c1)C(=O)COc1ccc(C)cc1C. The van der Waals surface area contributed by atoms with Crippen molar-refractivity contribution >= 4 is 11.8 Å². The van der Waals surface area contributed by atoms with Gasteiger partial charge in [-0.1, -0.05) is 36.8 Å². The summed E-state index contributed by atoms with van der Waals surface area (Å²) >= 11 is 0. The van der Waals surface area contributed by atoms with Crippen LogP contribution in [0.1, 0.15) is 30.0 Å². The molecule has 156 valence electrons. The molecule has 0 aliphatic heterocycles. The van der Waals surface area contributed by atoms with E-state index in [0.29, 0.717) is 17.9 Å². The third kappa shape index (κ3) is 5.98. The molecule has 6 heteroatoms. The second kappa shape index (κ2) is 10.5. The Hall–Kier alpha value is -3.02. The molecular weight excluding hydrogens is 368 g/mol. The lowest BCUT2D eigenvalue weighted by Gasteiger charge is -2.30. The highest BCUT2D eigenvalue weighted by molar-refractivity contribution is 5.88. The van der Waals surface area contributed by atoms with Crippen LogP contribution in [0.2, 0.25) is 0 Å². The highest BCUT2D eigenvalue weighted by Gasteiger charge is 2.28. The summed E-state index contributed by atoms with van der Waals surface area (Å²) in [6.45, 7) is 5.99. The van der Waals surface area contributed by atoms with Crippen LogP contribution in [-0.2, 0) is 16.1 Å². The summed E-state index contributed by atoms with van der Waals surface area (Å²) in [5.74, 6) is 0.922. The smallest absolute Gasteiger partial charge is 0.261 e. The number of benzene rings is 2. The van der Waals surface area contributed by atoms with E-state index in [1.807, 2.05) is 63.2 Å². The number of carbonyl (C=O) groups excluding carboxylic acids is 2. The van der Waals surface area contributed by atoms with Crippen LogP contribution in [-0.4, -0.2) is 43.5 Å². The van der Waals surface area contributed by atoms with E-state index in [-0.39, 0.29) is 25.0 Å². The van der Waals surface area contributed by atoms with Crippen LogP contribution in [0, 0.1) is 13.8 Å². The lowest BCUT2D eigenvalue weighted by molar-refractivity contribution is -0.142. The van der Waals surface area contributed by atoms with E-state index in [0.717, 1.165) is 16.7 Å². The van der Waals surface area contributed by atoms with E-state index in [4.69, 9.17) is 9.47 Å². The Balaban J connectivity index is 2.22. The maximum absolute atomic E-state index is 13.1. The first-order valence-electron chi connectivity index (χ1n) is 9.73. The van der Waals surface area contributed by atoms with Gasteiger partial charge in [0.05, 0.1) is 7.11 Å². The van der Waals surface area contributed by atoms with E-state index in [9.17, 15) is 9.59 Å². The Morgan fingerprint density at radius 2 is 1.90 bits per heavy atom. The van der Waals surface area contributed by atoms with E-state index in [1.165, 1.54) is 0 Å². The molecule has 2 amide bonds. The van der Waals surface area contributed by atoms with Gasteiger partial charge in [0, 0.05) is 13.6 Å². The van der Waals surface area contributed by atoms with Crippen LogP contribution >= 0.6 is 0 Å². The van der Waals surface area contributed by atoms with Crippen molar-refractivity contribution in [3.63, 3.8) is 0 Å². The largest absolute Gasteiger partial charge is 0.497 e. The lowest BCUT2D eigenvalue weighted by atomic mass is 10.1. The predicted octanol–water partition coefficient (Wildman–Crippen LogP) is 3.24. The van der Waals surface area contributed by atoms with Crippen LogP contribution in [0.5, 0.6) is 11.5 Å². The molecule has 6 nitrogen and oxygen atoms in total. The molecule has 0 radical (unpaired) electrons. The molecule has 0 aliphatic carbocycles. The van der Waals surface area contributed by atoms with Gasteiger partial charge >= 0.3 is 0 Å². The van der Waals surface area contributed by atoms with Crippen molar-refractivity contribution in [2.75, 3.05) is 20.8 Å². The first kappa shape index (κ1) is 22.3. The molecule has 1 N–H and O–H groups in total. The zero-order valence-electron chi connectivity index (χ0n) is 17.8. The number of methoxy groups -OCH3 is 1. The Bertz CT molecular complexity index is 851. The number of aryl methyl sites for hydroxylation is 2. The van der Waals surface area contributed by atoms with Gasteiger partial charge in [0.1, 0.15) is 17.5 Å². The summed E-state index contributed by atoms with van der Waals surface area (Å²) < 4.78 is 11.1. The predicted molar refractivity (Wildman–Crippen MR) is 113 cm³/mol. The first-order valence-corrected chi connectivity index (χ1v) is 9.73. The van der Waals surface area contributed by atoms with Gasteiger partial charge in [0.15, 0.2) is 6.61 Å². The first-order chi connectivity index (χ1) is 13.9. The van der Waals surface area contributed by atoms with Gasteiger partial charge in [-0.05, 0) is 49.6 Å². The summed E-state index contributed by atoms with van der Waals surface area (Å²) in [5.41, 5.74) is 2.98. The molecule has 0 spiro atoms. The van der Waals surface area contributed by atoms with E-state index >= 15 is 0 Å². The second-order valence-corrected chi connectivity index (χ2v) is 6.97. The number of likely N-dealkylation sites (N-methyl/N-ethyl adjacent to an activating group) is 1. The van der Waals surface area contributed by atoms with Gasteiger partial charge < -0.3 is 19.7 Å². The van der Waals surface area contributed by atoms with E-state index in [1.54, 1.807) is 19.1 Å². The molecule has 0 fully saturated rings. The number of hydrogen-bond donors (Lipinski definition) is 1. The Morgan fingerprint density at radius 3 is 2.52 bits per heavy atom. The third-order valence-electron chi connectivity index (χ3n) is 4.80. The molecule has 29 heavy (non-hydrogen) atoms. The topological polar surface area (TPSA) is 67.9 Å². The van der Waals surface area contributed by atoms with Crippen molar-refractivity contribution < 1.29 is 19.1 Å². The van der Waals surface area contributed by atoms with Gasteiger partial charge in [-0.15, -0.1) is 0 Å². The maximum Gasteiger partial charge on any atom is 0.261 e. The summed E-state index contributed by atoms with van der Waals surface area (Å²) in [6.07, 6.45) is 0.499. The fraction of sp³-hybridized carbons (Fsp3) is 0.391. The summed E-state index contributed by atoms with van der Waals surface area (Å²) in [4.78, 5) is 27.0. The fourth-order valence-corrected chi connectivity index (χ4v) is 3.24. The molecule has 0 bridgehead atoms. The van der Waals surface area contributed by atoms with Crippen molar-refractivity contribution in [1.82, 2.24) is 10.2 Å². The van der Waals surface area contributed by atoms with Crippen LogP contribution in [0.15, 0.2) is 42.5 Å².